The normalized spacial score (nSPS) is 24.9. The van der Waals surface area contributed by atoms with Crippen LogP contribution in [-0.2, 0) is 6.42 Å². The summed E-state index contributed by atoms with van der Waals surface area (Å²) >= 11 is 3.51. The van der Waals surface area contributed by atoms with Gasteiger partial charge in [0.15, 0.2) is 0 Å². The largest absolute Gasteiger partial charge is 0.316 e. The van der Waals surface area contributed by atoms with Gasteiger partial charge in [-0.15, -0.1) is 0 Å². The third-order valence-corrected chi connectivity index (χ3v) is 5.60. The van der Waals surface area contributed by atoms with Crippen LogP contribution in [0, 0.1) is 17.8 Å². The van der Waals surface area contributed by atoms with E-state index in [4.69, 9.17) is 0 Å². The lowest BCUT2D eigenvalue weighted by molar-refractivity contribution is 0.191. The fraction of sp³-hybridized carbons (Fsp3) is 0.667. The molecule has 0 aliphatic heterocycles. The Hall–Kier alpha value is -0.340. The summed E-state index contributed by atoms with van der Waals surface area (Å²) in [5.74, 6) is 2.66. The number of hydrogen-bond donors (Lipinski definition) is 1. The molecule has 1 aromatic carbocycles. The van der Waals surface area contributed by atoms with Crippen LogP contribution in [0.3, 0.4) is 0 Å². The topological polar surface area (TPSA) is 12.0 Å². The first-order valence-electron chi connectivity index (χ1n) is 8.02. The Bertz CT molecular complexity index is 390. The Morgan fingerprint density at radius 1 is 1.05 bits per heavy atom. The third kappa shape index (κ3) is 4.33. The van der Waals surface area contributed by atoms with Gasteiger partial charge in [0, 0.05) is 10.5 Å². The van der Waals surface area contributed by atoms with Crippen LogP contribution in [-0.4, -0.2) is 13.1 Å². The Balaban J connectivity index is 1.91. The van der Waals surface area contributed by atoms with Crippen LogP contribution in [0.25, 0.3) is 0 Å². The molecule has 1 aliphatic carbocycles. The van der Waals surface area contributed by atoms with Gasteiger partial charge in [0.1, 0.15) is 0 Å². The molecule has 0 radical (unpaired) electrons. The van der Waals surface area contributed by atoms with Crippen LogP contribution in [0.1, 0.15) is 45.1 Å². The lowest BCUT2D eigenvalue weighted by Crippen LogP contribution is -2.38. The van der Waals surface area contributed by atoms with E-state index in [1.807, 2.05) is 0 Å². The molecule has 1 saturated carbocycles. The van der Waals surface area contributed by atoms with Crippen molar-refractivity contribution in [1.29, 1.82) is 0 Å². The zero-order valence-corrected chi connectivity index (χ0v) is 14.6. The molecular weight excluding hydrogens is 310 g/mol. The Morgan fingerprint density at radius 2 is 1.60 bits per heavy atom. The van der Waals surface area contributed by atoms with E-state index in [0.717, 1.165) is 24.2 Å². The molecule has 20 heavy (non-hydrogen) atoms. The van der Waals surface area contributed by atoms with Crippen molar-refractivity contribution in [3.05, 3.63) is 34.3 Å². The smallest absolute Gasteiger partial charge is 0.0175 e. The molecule has 2 rings (SSSR count). The lowest BCUT2D eigenvalue weighted by atomic mass is 9.73. The minimum atomic E-state index is 0.629. The number of nitrogens with one attached hydrogen (secondary N) is 1. The molecule has 1 N–H and O–H groups in total. The highest BCUT2D eigenvalue weighted by Gasteiger charge is 2.28. The van der Waals surface area contributed by atoms with Crippen LogP contribution in [0.4, 0.5) is 0 Å². The van der Waals surface area contributed by atoms with E-state index >= 15 is 0 Å². The van der Waals surface area contributed by atoms with E-state index in [1.165, 1.54) is 35.7 Å². The second-order valence-electron chi connectivity index (χ2n) is 6.64. The van der Waals surface area contributed by atoms with Crippen LogP contribution < -0.4 is 5.32 Å². The minimum absolute atomic E-state index is 0.629. The summed E-state index contributed by atoms with van der Waals surface area (Å²) < 4.78 is 1.17. The van der Waals surface area contributed by atoms with Gasteiger partial charge in [0.05, 0.1) is 0 Å². The average Bonchev–Trinajstić information content (AvgIpc) is 2.47. The number of halogens is 1. The molecule has 0 amide bonds. The first-order chi connectivity index (χ1) is 9.60. The van der Waals surface area contributed by atoms with Gasteiger partial charge in [0.25, 0.3) is 0 Å². The summed E-state index contributed by atoms with van der Waals surface area (Å²) in [7, 11) is 2.12. The first-order valence-corrected chi connectivity index (χ1v) is 8.81. The van der Waals surface area contributed by atoms with Gasteiger partial charge in [-0.25, -0.2) is 0 Å². The highest BCUT2D eigenvalue weighted by atomic mass is 79.9. The van der Waals surface area contributed by atoms with E-state index in [1.54, 1.807) is 0 Å². The van der Waals surface area contributed by atoms with Gasteiger partial charge in [-0.2, -0.15) is 0 Å². The summed E-state index contributed by atoms with van der Waals surface area (Å²) in [6.07, 6.45) is 6.78. The molecule has 1 fully saturated rings. The SMILES string of the molecule is CNC(Cc1ccc(Br)cc1)C1CCC(C(C)C)CC1. The molecule has 1 aromatic rings. The first kappa shape index (κ1) is 16.0. The molecule has 0 spiro atoms. The summed E-state index contributed by atoms with van der Waals surface area (Å²) in [4.78, 5) is 0. The summed E-state index contributed by atoms with van der Waals surface area (Å²) in [5.41, 5.74) is 1.44. The predicted octanol–water partition coefficient (Wildman–Crippen LogP) is 5.04. The van der Waals surface area contributed by atoms with Crippen molar-refractivity contribution in [2.75, 3.05) is 7.05 Å². The van der Waals surface area contributed by atoms with Crippen molar-refractivity contribution in [2.24, 2.45) is 17.8 Å². The quantitative estimate of drug-likeness (QED) is 0.793. The maximum Gasteiger partial charge on any atom is 0.0175 e. The molecule has 1 aliphatic rings. The molecule has 0 aromatic heterocycles. The van der Waals surface area contributed by atoms with Crippen LogP contribution in [0.15, 0.2) is 28.7 Å². The van der Waals surface area contributed by atoms with Crippen LogP contribution in [0.2, 0.25) is 0 Å². The van der Waals surface area contributed by atoms with Gasteiger partial charge < -0.3 is 5.32 Å². The molecule has 1 unspecified atom stereocenters. The summed E-state index contributed by atoms with van der Waals surface area (Å²) in [6, 6.07) is 9.42. The Morgan fingerprint density at radius 3 is 2.10 bits per heavy atom. The van der Waals surface area contributed by atoms with Crippen molar-refractivity contribution in [3.63, 3.8) is 0 Å². The Kier molecular flexibility index (Phi) is 6.10. The molecule has 0 bridgehead atoms. The van der Waals surface area contributed by atoms with Gasteiger partial charge in [-0.3, -0.25) is 0 Å². The van der Waals surface area contributed by atoms with Crippen molar-refractivity contribution < 1.29 is 0 Å². The number of rotatable bonds is 5. The number of benzene rings is 1. The van der Waals surface area contributed by atoms with E-state index in [9.17, 15) is 0 Å². The second kappa shape index (κ2) is 7.61. The predicted molar refractivity (Wildman–Crippen MR) is 91.0 cm³/mol. The zero-order valence-electron chi connectivity index (χ0n) is 13.0. The monoisotopic (exact) mass is 337 g/mol. The minimum Gasteiger partial charge on any atom is -0.316 e. The van der Waals surface area contributed by atoms with Crippen molar-refractivity contribution in [1.82, 2.24) is 5.32 Å². The van der Waals surface area contributed by atoms with E-state index in [2.05, 4.69) is 66.4 Å². The highest BCUT2D eigenvalue weighted by molar-refractivity contribution is 9.10. The van der Waals surface area contributed by atoms with Crippen LogP contribution in [0.5, 0.6) is 0 Å². The summed E-state index contributed by atoms with van der Waals surface area (Å²) in [6.45, 7) is 4.75. The number of likely N-dealkylation sites (N-methyl/N-ethyl adjacent to an activating group) is 1. The van der Waals surface area contributed by atoms with E-state index < -0.39 is 0 Å². The van der Waals surface area contributed by atoms with Gasteiger partial charge >= 0.3 is 0 Å². The Labute approximate surface area is 132 Å². The van der Waals surface area contributed by atoms with Crippen LogP contribution >= 0.6 is 15.9 Å². The summed E-state index contributed by atoms with van der Waals surface area (Å²) in [5, 5.41) is 3.57. The fourth-order valence-electron chi connectivity index (χ4n) is 3.59. The van der Waals surface area contributed by atoms with Crippen molar-refractivity contribution in [2.45, 2.75) is 52.0 Å². The standard InChI is InChI=1S/C18H28BrN/c1-13(2)15-6-8-16(9-7-15)18(20-3)12-14-4-10-17(19)11-5-14/h4-5,10-11,13,15-16,18,20H,6-9,12H2,1-3H3. The zero-order chi connectivity index (χ0) is 14.5. The van der Waals surface area contributed by atoms with Gasteiger partial charge in [0.2, 0.25) is 0 Å². The third-order valence-electron chi connectivity index (χ3n) is 5.07. The molecule has 0 saturated heterocycles. The fourth-order valence-corrected chi connectivity index (χ4v) is 3.86. The maximum absolute atomic E-state index is 3.57. The molecular formula is C18H28BrN. The average molecular weight is 338 g/mol. The van der Waals surface area contributed by atoms with Gasteiger partial charge in [-0.05, 0) is 74.6 Å². The highest BCUT2D eigenvalue weighted by Crippen LogP contribution is 2.35. The second-order valence-corrected chi connectivity index (χ2v) is 7.56. The van der Waals surface area contributed by atoms with E-state index in [0.29, 0.717) is 6.04 Å². The molecule has 0 heterocycles. The van der Waals surface area contributed by atoms with Crippen molar-refractivity contribution in [3.8, 4) is 0 Å². The van der Waals surface area contributed by atoms with E-state index in [-0.39, 0.29) is 0 Å². The molecule has 1 atom stereocenters. The number of hydrogen-bond acceptors (Lipinski definition) is 1. The van der Waals surface area contributed by atoms with Gasteiger partial charge in [-0.1, -0.05) is 41.9 Å². The lowest BCUT2D eigenvalue weighted by Gasteiger charge is -2.35. The molecule has 2 heteroatoms. The molecule has 1 nitrogen and oxygen atoms in total. The molecule has 112 valence electrons. The maximum atomic E-state index is 3.57. The van der Waals surface area contributed by atoms with Crippen molar-refractivity contribution >= 4 is 15.9 Å².